The summed E-state index contributed by atoms with van der Waals surface area (Å²) in [5.74, 6) is 0.652. The van der Waals surface area contributed by atoms with Gasteiger partial charge in [0, 0.05) is 11.1 Å². The SMILES string of the molecule is C[Si]1(C)C(c2cccc(-c3nc4ccccc4s3)c2)C(c2ccccc2)C(c2ccccc2)C1c1cccc(-c2nc3ccccc3s2)c1. The summed E-state index contributed by atoms with van der Waals surface area (Å²) in [6.45, 7) is 5.30. The quantitative estimate of drug-likeness (QED) is 0.163. The molecule has 0 N–H and O–H groups in total. The van der Waals surface area contributed by atoms with Gasteiger partial charge in [-0.2, -0.15) is 0 Å². The van der Waals surface area contributed by atoms with Crippen LogP contribution in [0, 0.1) is 0 Å². The predicted octanol–water partition coefficient (Wildman–Crippen LogP) is 12.5. The molecule has 0 bridgehead atoms. The summed E-state index contributed by atoms with van der Waals surface area (Å²) in [5.41, 5.74) is 11.1. The Morgan fingerprint density at radius 2 is 0.816 bits per heavy atom. The Hall–Kier alpha value is -4.68. The first-order valence-electron chi connectivity index (χ1n) is 17.1. The van der Waals surface area contributed by atoms with Crippen LogP contribution >= 0.6 is 22.7 Å². The van der Waals surface area contributed by atoms with E-state index >= 15 is 0 Å². The molecule has 4 unspecified atom stereocenters. The normalized spacial score (nSPS) is 20.2. The van der Waals surface area contributed by atoms with Gasteiger partial charge in [0.1, 0.15) is 10.0 Å². The second kappa shape index (κ2) is 12.3. The highest BCUT2D eigenvalue weighted by Gasteiger charge is 2.58. The number of para-hydroxylation sites is 2. The molecule has 5 heteroatoms. The number of aromatic nitrogens is 2. The van der Waals surface area contributed by atoms with Gasteiger partial charge in [-0.1, -0.05) is 134 Å². The summed E-state index contributed by atoms with van der Waals surface area (Å²) in [5, 5.41) is 2.19. The first-order chi connectivity index (χ1) is 24.0. The molecule has 0 radical (unpaired) electrons. The zero-order valence-corrected chi connectivity index (χ0v) is 30.2. The molecule has 238 valence electrons. The number of nitrogens with zero attached hydrogens (tertiary/aromatic N) is 2. The van der Waals surface area contributed by atoms with Crippen molar-refractivity contribution in [2.45, 2.75) is 36.0 Å². The van der Waals surface area contributed by atoms with E-state index in [-0.39, 0.29) is 0 Å². The molecule has 0 saturated carbocycles. The lowest BCUT2D eigenvalue weighted by molar-refractivity contribution is 0.553. The van der Waals surface area contributed by atoms with Gasteiger partial charge in [0.05, 0.1) is 28.5 Å². The van der Waals surface area contributed by atoms with Crippen LogP contribution < -0.4 is 0 Å². The molecule has 4 atom stereocenters. The summed E-state index contributed by atoms with van der Waals surface area (Å²) < 4.78 is 2.47. The Bertz CT molecular complexity index is 2180. The molecule has 0 spiro atoms. The van der Waals surface area contributed by atoms with E-state index in [1.807, 2.05) is 0 Å². The monoisotopic (exact) mass is 684 g/mol. The van der Waals surface area contributed by atoms with Crippen LogP contribution in [-0.2, 0) is 0 Å². The van der Waals surface area contributed by atoms with E-state index in [9.17, 15) is 0 Å². The summed E-state index contributed by atoms with van der Waals surface area (Å²) in [6, 6.07) is 58.4. The number of hydrogen-bond acceptors (Lipinski definition) is 4. The van der Waals surface area contributed by atoms with Crippen LogP contribution in [0.4, 0.5) is 0 Å². The molecule has 1 aliphatic rings. The first-order valence-corrected chi connectivity index (χ1v) is 21.8. The minimum absolute atomic E-state index is 0.326. The predicted molar refractivity (Wildman–Crippen MR) is 211 cm³/mol. The molecule has 6 aromatic carbocycles. The lowest BCUT2D eigenvalue weighted by Crippen LogP contribution is -2.38. The van der Waals surface area contributed by atoms with Gasteiger partial charge < -0.3 is 0 Å². The van der Waals surface area contributed by atoms with Crippen molar-refractivity contribution in [3.8, 4) is 21.1 Å². The third-order valence-corrected chi connectivity index (χ3v) is 17.4. The Kier molecular flexibility index (Phi) is 7.64. The molecule has 9 rings (SSSR count). The molecular weight excluding hydrogens is 649 g/mol. The van der Waals surface area contributed by atoms with Crippen molar-refractivity contribution in [1.29, 1.82) is 0 Å². The van der Waals surface area contributed by atoms with Crippen molar-refractivity contribution in [3.05, 3.63) is 180 Å². The van der Waals surface area contributed by atoms with E-state index in [0.29, 0.717) is 22.9 Å². The van der Waals surface area contributed by atoms with E-state index in [1.54, 1.807) is 22.7 Å². The van der Waals surface area contributed by atoms with Crippen LogP contribution in [0.15, 0.2) is 158 Å². The Labute approximate surface area is 296 Å². The van der Waals surface area contributed by atoms with Gasteiger partial charge in [-0.3, -0.25) is 0 Å². The average Bonchev–Trinajstić information content (AvgIpc) is 3.85. The number of hydrogen-bond donors (Lipinski definition) is 0. The fourth-order valence-electron chi connectivity index (χ4n) is 8.68. The van der Waals surface area contributed by atoms with Gasteiger partial charge in [-0.05, 0) is 81.6 Å². The van der Waals surface area contributed by atoms with Crippen molar-refractivity contribution in [2.75, 3.05) is 0 Å². The number of thiazole rings is 2. The van der Waals surface area contributed by atoms with E-state index in [4.69, 9.17) is 9.97 Å². The van der Waals surface area contributed by atoms with E-state index in [1.165, 1.54) is 42.8 Å². The van der Waals surface area contributed by atoms with Crippen LogP contribution in [0.3, 0.4) is 0 Å². The Morgan fingerprint density at radius 1 is 0.429 bits per heavy atom. The molecule has 1 fully saturated rings. The zero-order valence-electron chi connectivity index (χ0n) is 27.5. The molecule has 2 nitrogen and oxygen atoms in total. The third kappa shape index (κ3) is 5.37. The van der Waals surface area contributed by atoms with Crippen LogP contribution in [0.2, 0.25) is 13.1 Å². The van der Waals surface area contributed by atoms with Gasteiger partial charge in [0.15, 0.2) is 0 Å². The molecule has 0 aliphatic carbocycles. The van der Waals surface area contributed by atoms with Crippen molar-refractivity contribution >= 4 is 51.2 Å². The Morgan fingerprint density at radius 3 is 1.24 bits per heavy atom. The fourth-order valence-corrected chi connectivity index (χ4v) is 15.7. The van der Waals surface area contributed by atoms with E-state index in [0.717, 1.165) is 21.0 Å². The lowest BCUT2D eigenvalue weighted by Gasteiger charge is -2.34. The van der Waals surface area contributed by atoms with Crippen LogP contribution in [0.25, 0.3) is 41.6 Å². The molecule has 8 aromatic rings. The lowest BCUT2D eigenvalue weighted by atomic mass is 9.75. The van der Waals surface area contributed by atoms with Crippen molar-refractivity contribution in [1.82, 2.24) is 9.97 Å². The smallest absolute Gasteiger partial charge is 0.124 e. The highest BCUT2D eigenvalue weighted by molar-refractivity contribution is 7.22. The highest BCUT2D eigenvalue weighted by atomic mass is 32.1. The third-order valence-electron chi connectivity index (χ3n) is 10.7. The topological polar surface area (TPSA) is 25.8 Å². The van der Waals surface area contributed by atoms with Crippen LogP contribution in [0.1, 0.15) is 45.2 Å². The fraction of sp³-hybridized carbons (Fsp3) is 0.136. The number of fused-ring (bicyclic) bond motifs is 2. The largest absolute Gasteiger partial charge is 0.236 e. The van der Waals surface area contributed by atoms with Crippen molar-refractivity contribution < 1.29 is 0 Å². The maximum Gasteiger partial charge on any atom is 0.124 e. The molecule has 3 heterocycles. The molecular formula is C44H36N2S2Si. The summed E-state index contributed by atoms with van der Waals surface area (Å²) in [6.07, 6.45) is 0. The highest BCUT2D eigenvalue weighted by Crippen LogP contribution is 2.64. The van der Waals surface area contributed by atoms with E-state index < -0.39 is 8.07 Å². The molecule has 1 saturated heterocycles. The molecule has 0 amide bonds. The number of benzene rings is 6. The average molecular weight is 685 g/mol. The van der Waals surface area contributed by atoms with Gasteiger partial charge >= 0.3 is 0 Å². The second-order valence-electron chi connectivity index (χ2n) is 13.9. The summed E-state index contributed by atoms with van der Waals surface area (Å²) in [7, 11) is -2.12. The van der Waals surface area contributed by atoms with Gasteiger partial charge in [0.25, 0.3) is 0 Å². The standard InChI is InChI=1S/C44H36N2S2Si/c1-49(2)41(31-19-13-21-33(27-31)43-45-35-23-9-11-25-37(35)47-43)39(29-15-5-3-6-16-29)40(30-17-7-4-8-18-30)42(49)32-20-14-22-34(28-32)44-46-36-24-10-12-26-38(36)48-44/h3-28,39-42H,1-2H3. The van der Waals surface area contributed by atoms with Crippen LogP contribution in [-0.4, -0.2) is 18.0 Å². The van der Waals surface area contributed by atoms with Gasteiger partial charge in [-0.15, -0.1) is 22.7 Å². The first kappa shape index (κ1) is 30.4. The molecule has 1 aliphatic heterocycles. The number of rotatable bonds is 6. The Balaban J connectivity index is 1.23. The van der Waals surface area contributed by atoms with Gasteiger partial charge in [0.2, 0.25) is 0 Å². The minimum Gasteiger partial charge on any atom is -0.236 e. The molecule has 49 heavy (non-hydrogen) atoms. The van der Waals surface area contributed by atoms with E-state index in [2.05, 4.69) is 171 Å². The summed E-state index contributed by atoms with van der Waals surface area (Å²) >= 11 is 3.58. The maximum absolute atomic E-state index is 5.07. The van der Waals surface area contributed by atoms with Crippen LogP contribution in [0.5, 0.6) is 0 Å². The zero-order chi connectivity index (χ0) is 33.0. The second-order valence-corrected chi connectivity index (χ2v) is 20.8. The maximum atomic E-state index is 5.07. The molecule has 2 aromatic heterocycles. The summed E-state index contributed by atoms with van der Waals surface area (Å²) in [4.78, 5) is 10.1. The van der Waals surface area contributed by atoms with Gasteiger partial charge in [-0.25, -0.2) is 9.97 Å². The minimum atomic E-state index is -2.12. The van der Waals surface area contributed by atoms with Crippen molar-refractivity contribution in [2.24, 2.45) is 0 Å². The van der Waals surface area contributed by atoms with Crippen molar-refractivity contribution in [3.63, 3.8) is 0 Å².